The van der Waals surface area contributed by atoms with Crippen LogP contribution in [0.3, 0.4) is 0 Å². The van der Waals surface area contributed by atoms with Crippen molar-refractivity contribution in [2.75, 3.05) is 0 Å². The second-order valence-corrected chi connectivity index (χ2v) is 10.3. The lowest BCUT2D eigenvalue weighted by atomic mass is 9.51. The molecule has 172 valence electrons. The van der Waals surface area contributed by atoms with Crippen LogP contribution in [0.25, 0.3) is 0 Å². The van der Waals surface area contributed by atoms with E-state index in [-0.39, 0.29) is 11.3 Å². The van der Waals surface area contributed by atoms with Crippen molar-refractivity contribution in [3.63, 3.8) is 0 Å². The Balaban J connectivity index is 1.75. The summed E-state index contributed by atoms with van der Waals surface area (Å²) in [6.07, 6.45) is 15.2. The van der Waals surface area contributed by atoms with E-state index in [2.05, 4.69) is 54.6 Å². The van der Waals surface area contributed by atoms with E-state index in [1.165, 1.54) is 75.3 Å². The predicted octanol–water partition coefficient (Wildman–Crippen LogP) is 7.71. The molecule has 0 heterocycles. The van der Waals surface area contributed by atoms with Crippen LogP contribution in [0.1, 0.15) is 81.8 Å². The summed E-state index contributed by atoms with van der Waals surface area (Å²) in [4.78, 5) is 13.0. The number of hydrogen-bond acceptors (Lipinski definition) is 1. The van der Waals surface area contributed by atoms with Gasteiger partial charge in [0.05, 0.1) is 5.92 Å². The summed E-state index contributed by atoms with van der Waals surface area (Å²) in [6, 6.07) is 21.2. The van der Waals surface area contributed by atoms with Gasteiger partial charge in [-0.25, -0.2) is 0 Å². The molecule has 0 aliphatic heterocycles. The number of benzene rings is 2. The predicted molar refractivity (Wildman–Crippen MR) is 132 cm³/mol. The van der Waals surface area contributed by atoms with Gasteiger partial charge in [0.1, 0.15) is 0 Å². The van der Waals surface area contributed by atoms with E-state index in [0.29, 0.717) is 18.3 Å². The van der Waals surface area contributed by atoms with E-state index in [0.717, 1.165) is 12.8 Å². The van der Waals surface area contributed by atoms with Crippen LogP contribution in [-0.2, 0) is 17.6 Å². The normalized spacial score (nSPS) is 19.5. The minimum absolute atomic E-state index is 0.113. The maximum atomic E-state index is 13.0. The van der Waals surface area contributed by atoms with E-state index in [4.69, 9.17) is 0 Å². The van der Waals surface area contributed by atoms with Crippen molar-refractivity contribution in [3.8, 4) is 0 Å². The molecule has 2 nitrogen and oxygen atoms in total. The van der Waals surface area contributed by atoms with Gasteiger partial charge in [-0.05, 0) is 73.3 Å². The fourth-order valence-corrected chi connectivity index (χ4v) is 7.13. The van der Waals surface area contributed by atoms with Crippen LogP contribution in [0.5, 0.6) is 0 Å². The highest BCUT2D eigenvalue weighted by Crippen LogP contribution is 2.56. The fraction of sp³-hybridized carbons (Fsp3) is 0.567. The molecular formula is C30H40O2. The summed E-state index contributed by atoms with van der Waals surface area (Å²) in [5.41, 5.74) is 2.42. The molecule has 0 saturated heterocycles. The van der Waals surface area contributed by atoms with Crippen LogP contribution in [0.4, 0.5) is 0 Å². The Morgan fingerprint density at radius 1 is 0.750 bits per heavy atom. The van der Waals surface area contributed by atoms with E-state index in [1.54, 1.807) is 0 Å². The molecule has 2 aliphatic carbocycles. The lowest BCUT2D eigenvalue weighted by Crippen LogP contribution is -2.50. The third-order valence-corrected chi connectivity index (χ3v) is 8.65. The Kier molecular flexibility index (Phi) is 8.05. The van der Waals surface area contributed by atoms with Gasteiger partial charge >= 0.3 is 5.97 Å². The van der Waals surface area contributed by atoms with Gasteiger partial charge in [0.15, 0.2) is 0 Å². The molecule has 0 radical (unpaired) electrons. The van der Waals surface area contributed by atoms with Crippen LogP contribution in [0, 0.1) is 23.2 Å². The van der Waals surface area contributed by atoms with Crippen LogP contribution in [0.15, 0.2) is 60.7 Å². The number of hydrogen-bond donors (Lipinski definition) is 1. The molecule has 1 N–H and O–H groups in total. The van der Waals surface area contributed by atoms with Gasteiger partial charge < -0.3 is 5.11 Å². The average Bonchev–Trinajstić information content (AvgIpc) is 2.86. The van der Waals surface area contributed by atoms with Crippen molar-refractivity contribution in [3.05, 3.63) is 71.8 Å². The van der Waals surface area contributed by atoms with Crippen molar-refractivity contribution in [1.82, 2.24) is 0 Å². The largest absolute Gasteiger partial charge is 0.481 e. The first kappa shape index (κ1) is 23.1. The average molecular weight is 433 g/mol. The van der Waals surface area contributed by atoms with Gasteiger partial charge in [-0.15, -0.1) is 0 Å². The van der Waals surface area contributed by atoms with E-state index < -0.39 is 5.97 Å². The molecule has 0 spiro atoms. The molecule has 2 saturated carbocycles. The molecule has 0 aromatic heterocycles. The monoisotopic (exact) mass is 432 g/mol. The van der Waals surface area contributed by atoms with Crippen molar-refractivity contribution in [2.45, 2.75) is 83.5 Å². The zero-order valence-corrected chi connectivity index (χ0v) is 19.6. The zero-order valence-electron chi connectivity index (χ0n) is 19.6. The number of carboxylic acids is 1. The quantitative estimate of drug-likeness (QED) is 0.440. The Morgan fingerprint density at radius 2 is 1.22 bits per heavy atom. The van der Waals surface area contributed by atoms with Gasteiger partial charge in [-0.1, -0.05) is 99.2 Å². The second-order valence-electron chi connectivity index (χ2n) is 10.3. The number of carbonyl (C=O) groups is 1. The Labute approximate surface area is 194 Å². The third-order valence-electron chi connectivity index (χ3n) is 8.65. The molecule has 2 fully saturated rings. The van der Waals surface area contributed by atoms with Gasteiger partial charge in [0.25, 0.3) is 0 Å². The highest BCUT2D eigenvalue weighted by Gasteiger charge is 2.52. The van der Waals surface area contributed by atoms with Crippen LogP contribution >= 0.6 is 0 Å². The number of rotatable bonds is 9. The first-order valence-electron chi connectivity index (χ1n) is 13.0. The topological polar surface area (TPSA) is 37.3 Å². The molecular weight excluding hydrogens is 392 g/mol. The number of aryl methyl sites for hydroxylation is 1. The van der Waals surface area contributed by atoms with Crippen LogP contribution in [0.2, 0.25) is 0 Å². The minimum Gasteiger partial charge on any atom is -0.481 e. The lowest BCUT2D eigenvalue weighted by Gasteiger charge is -2.53. The van der Waals surface area contributed by atoms with Crippen molar-refractivity contribution in [1.29, 1.82) is 0 Å². The van der Waals surface area contributed by atoms with E-state index >= 15 is 0 Å². The summed E-state index contributed by atoms with van der Waals surface area (Å²) < 4.78 is 0. The third kappa shape index (κ3) is 5.27. The van der Waals surface area contributed by atoms with E-state index in [1.807, 2.05) is 6.07 Å². The van der Waals surface area contributed by atoms with Crippen molar-refractivity contribution in [2.24, 2.45) is 23.2 Å². The van der Waals surface area contributed by atoms with Crippen molar-refractivity contribution >= 4 is 5.97 Å². The molecule has 0 amide bonds. The van der Waals surface area contributed by atoms with Gasteiger partial charge in [-0.3, -0.25) is 4.79 Å². The molecule has 1 atom stereocenters. The maximum Gasteiger partial charge on any atom is 0.307 e. The molecule has 2 heteroatoms. The summed E-state index contributed by atoms with van der Waals surface area (Å²) in [5.74, 6) is 0.193. The molecule has 4 rings (SSSR count). The zero-order chi connectivity index (χ0) is 22.2. The molecule has 0 bridgehead atoms. The minimum atomic E-state index is -0.571. The highest BCUT2D eigenvalue weighted by atomic mass is 16.4. The van der Waals surface area contributed by atoms with E-state index in [9.17, 15) is 9.90 Å². The number of aliphatic carboxylic acids is 1. The summed E-state index contributed by atoms with van der Waals surface area (Å²) in [5, 5.41) is 10.7. The first-order valence-corrected chi connectivity index (χ1v) is 13.0. The number of carboxylic acid groups (broad SMARTS) is 1. The summed E-state index contributed by atoms with van der Waals surface area (Å²) in [6.45, 7) is 0. The van der Waals surface area contributed by atoms with Crippen LogP contribution in [-0.4, -0.2) is 11.1 Å². The second kappa shape index (κ2) is 11.2. The van der Waals surface area contributed by atoms with Crippen molar-refractivity contribution < 1.29 is 9.90 Å². The lowest BCUT2D eigenvalue weighted by molar-refractivity contribution is -0.155. The fourth-order valence-electron chi connectivity index (χ4n) is 7.13. The Morgan fingerprint density at radius 3 is 1.69 bits per heavy atom. The molecule has 32 heavy (non-hydrogen) atoms. The maximum absolute atomic E-state index is 13.0. The summed E-state index contributed by atoms with van der Waals surface area (Å²) in [7, 11) is 0. The first-order chi connectivity index (χ1) is 15.7. The highest BCUT2D eigenvalue weighted by molar-refractivity contribution is 5.72. The Bertz CT molecular complexity index is 798. The molecule has 2 aliphatic rings. The van der Waals surface area contributed by atoms with Gasteiger partial charge in [0, 0.05) is 0 Å². The standard InChI is InChI=1S/C30H40O2/c31-29(32)28(23-25-15-7-2-8-16-25)30(26-17-9-3-10-18-26,27-19-11-4-12-20-27)22-21-24-13-5-1-6-14-24/h1-2,5-8,13-16,26-28H,3-4,9-12,17-23H2,(H,31,32). The molecule has 2 aromatic rings. The van der Waals surface area contributed by atoms with Gasteiger partial charge in [-0.2, -0.15) is 0 Å². The SMILES string of the molecule is O=C(O)C(Cc1ccccc1)C(CCc1ccccc1)(C1CCCCC1)C1CCCCC1. The molecule has 2 aromatic carbocycles. The summed E-state index contributed by atoms with van der Waals surface area (Å²) >= 11 is 0. The smallest absolute Gasteiger partial charge is 0.307 e. The van der Waals surface area contributed by atoms with Gasteiger partial charge in [0.2, 0.25) is 0 Å². The Hall–Kier alpha value is -2.09. The molecule has 1 unspecified atom stereocenters. The van der Waals surface area contributed by atoms with Crippen LogP contribution < -0.4 is 0 Å².